The van der Waals surface area contributed by atoms with E-state index in [4.69, 9.17) is 28.9 Å². The van der Waals surface area contributed by atoms with Crippen molar-refractivity contribution < 1.29 is 5.11 Å². The molecule has 6 heteroatoms. The number of aliphatic hydroxyl groups excluding tert-OH is 1. The molecule has 0 aromatic carbocycles. The van der Waals surface area contributed by atoms with Crippen LogP contribution < -0.4 is 0 Å². The maximum absolute atomic E-state index is 8.83. The second-order valence-electron chi connectivity index (χ2n) is 2.87. The standard InChI is InChI=1S/C8H8ClN3OS/c9-6-5-4(1-2-13)3-10-7(5)12-8(14)11-6/h3,13H,1-2H2,(H2,10,11,12,14). The topological polar surface area (TPSA) is 64.7 Å². The van der Waals surface area contributed by atoms with Crippen LogP contribution in [-0.2, 0) is 6.42 Å². The van der Waals surface area contributed by atoms with Crippen LogP contribution in [0.3, 0.4) is 0 Å². The van der Waals surface area contributed by atoms with Crippen LogP contribution in [-0.4, -0.2) is 26.7 Å². The second-order valence-corrected chi connectivity index (χ2v) is 3.63. The molecule has 14 heavy (non-hydrogen) atoms. The molecule has 0 atom stereocenters. The van der Waals surface area contributed by atoms with E-state index < -0.39 is 0 Å². The van der Waals surface area contributed by atoms with Crippen LogP contribution in [0.15, 0.2) is 6.20 Å². The van der Waals surface area contributed by atoms with Gasteiger partial charge in [0, 0.05) is 12.8 Å². The van der Waals surface area contributed by atoms with Gasteiger partial charge in [-0.05, 0) is 24.2 Å². The molecule has 0 spiro atoms. The van der Waals surface area contributed by atoms with Gasteiger partial charge in [0.1, 0.15) is 10.8 Å². The highest BCUT2D eigenvalue weighted by Gasteiger charge is 2.08. The summed E-state index contributed by atoms with van der Waals surface area (Å²) in [7, 11) is 0. The predicted octanol–water partition coefficient (Wildman–Crippen LogP) is 1.81. The molecule has 0 radical (unpaired) electrons. The SMILES string of the molecule is OCCc1c[nH]c2nc(=S)[nH]c(Cl)c12. The monoisotopic (exact) mass is 229 g/mol. The number of hydrogen-bond donors (Lipinski definition) is 3. The fourth-order valence-electron chi connectivity index (χ4n) is 1.39. The van der Waals surface area contributed by atoms with E-state index >= 15 is 0 Å². The summed E-state index contributed by atoms with van der Waals surface area (Å²) >= 11 is 10.9. The molecule has 0 aliphatic rings. The van der Waals surface area contributed by atoms with Crippen molar-refractivity contribution in [2.45, 2.75) is 6.42 Å². The van der Waals surface area contributed by atoms with Gasteiger partial charge in [-0.3, -0.25) is 0 Å². The van der Waals surface area contributed by atoms with Crippen molar-refractivity contribution in [3.05, 3.63) is 21.7 Å². The molecular weight excluding hydrogens is 222 g/mol. The van der Waals surface area contributed by atoms with Gasteiger partial charge in [-0.15, -0.1) is 0 Å². The number of H-pyrrole nitrogens is 2. The Balaban J connectivity index is 2.72. The Bertz CT molecular complexity index is 519. The normalized spacial score (nSPS) is 11.0. The summed E-state index contributed by atoms with van der Waals surface area (Å²) in [4.78, 5) is 9.80. The highest BCUT2D eigenvalue weighted by Crippen LogP contribution is 2.23. The van der Waals surface area contributed by atoms with Crippen molar-refractivity contribution in [1.82, 2.24) is 15.0 Å². The average Bonchev–Trinajstić information content (AvgIpc) is 2.49. The van der Waals surface area contributed by atoms with E-state index in [-0.39, 0.29) is 6.61 Å². The smallest absolute Gasteiger partial charge is 0.199 e. The zero-order valence-electron chi connectivity index (χ0n) is 7.17. The van der Waals surface area contributed by atoms with E-state index in [9.17, 15) is 0 Å². The minimum Gasteiger partial charge on any atom is -0.396 e. The van der Waals surface area contributed by atoms with E-state index in [1.165, 1.54) is 0 Å². The molecule has 2 aromatic heterocycles. The van der Waals surface area contributed by atoms with Crippen molar-refractivity contribution in [3.63, 3.8) is 0 Å². The van der Waals surface area contributed by atoms with E-state index in [0.29, 0.717) is 22.0 Å². The third-order valence-corrected chi connectivity index (χ3v) is 2.45. The van der Waals surface area contributed by atoms with Crippen molar-refractivity contribution in [1.29, 1.82) is 0 Å². The van der Waals surface area contributed by atoms with E-state index in [1.807, 2.05) is 0 Å². The first kappa shape index (κ1) is 9.64. The first-order valence-corrected chi connectivity index (χ1v) is 4.87. The summed E-state index contributed by atoms with van der Waals surface area (Å²) < 4.78 is 0.347. The molecule has 0 aliphatic heterocycles. The number of rotatable bonds is 2. The second kappa shape index (κ2) is 3.68. The van der Waals surface area contributed by atoms with Crippen molar-refractivity contribution in [2.75, 3.05) is 6.61 Å². The lowest BCUT2D eigenvalue weighted by atomic mass is 10.2. The maximum Gasteiger partial charge on any atom is 0.199 e. The Morgan fingerprint density at radius 1 is 1.57 bits per heavy atom. The summed E-state index contributed by atoms with van der Waals surface area (Å²) in [5.74, 6) is 0. The maximum atomic E-state index is 8.83. The molecule has 0 unspecified atom stereocenters. The van der Waals surface area contributed by atoms with Crippen LogP contribution >= 0.6 is 23.8 Å². The van der Waals surface area contributed by atoms with Gasteiger partial charge < -0.3 is 15.1 Å². The number of nitrogens with one attached hydrogen (secondary N) is 2. The molecule has 0 aliphatic carbocycles. The molecule has 2 heterocycles. The van der Waals surface area contributed by atoms with Crippen LogP contribution in [0, 0.1) is 4.77 Å². The van der Waals surface area contributed by atoms with Gasteiger partial charge in [0.05, 0.1) is 5.39 Å². The number of aliphatic hydroxyl groups is 1. The highest BCUT2D eigenvalue weighted by atomic mass is 35.5. The molecule has 0 fully saturated rings. The van der Waals surface area contributed by atoms with Gasteiger partial charge in [-0.2, -0.15) is 0 Å². The lowest BCUT2D eigenvalue weighted by Gasteiger charge is -1.97. The van der Waals surface area contributed by atoms with Crippen LogP contribution in [0.2, 0.25) is 5.15 Å². The Morgan fingerprint density at radius 3 is 3.07 bits per heavy atom. The third kappa shape index (κ3) is 1.54. The van der Waals surface area contributed by atoms with E-state index in [0.717, 1.165) is 10.9 Å². The fourth-order valence-corrected chi connectivity index (χ4v) is 1.94. The molecule has 0 saturated heterocycles. The highest BCUT2D eigenvalue weighted by molar-refractivity contribution is 7.71. The van der Waals surface area contributed by atoms with Crippen LogP contribution in [0.1, 0.15) is 5.56 Å². The number of aromatic amines is 2. The Kier molecular flexibility index (Phi) is 2.54. The van der Waals surface area contributed by atoms with Crippen molar-refractivity contribution in [2.24, 2.45) is 0 Å². The minimum absolute atomic E-state index is 0.0823. The fraction of sp³-hybridized carbons (Fsp3) is 0.250. The minimum atomic E-state index is 0.0823. The Labute approximate surface area is 89.9 Å². The molecule has 74 valence electrons. The summed E-state index contributed by atoms with van der Waals surface area (Å²) in [6.07, 6.45) is 2.33. The lowest BCUT2D eigenvalue weighted by Crippen LogP contribution is -1.90. The van der Waals surface area contributed by atoms with Crippen LogP contribution in [0.5, 0.6) is 0 Å². The third-order valence-electron chi connectivity index (χ3n) is 1.97. The van der Waals surface area contributed by atoms with Gasteiger partial charge >= 0.3 is 0 Å². The molecule has 2 rings (SSSR count). The Hall–Kier alpha value is -0.910. The van der Waals surface area contributed by atoms with Gasteiger partial charge in [0.15, 0.2) is 4.77 Å². The van der Waals surface area contributed by atoms with Crippen molar-refractivity contribution >= 4 is 34.9 Å². The molecule has 3 N–H and O–H groups in total. The van der Waals surface area contributed by atoms with Gasteiger partial charge in [-0.25, -0.2) is 4.98 Å². The lowest BCUT2D eigenvalue weighted by molar-refractivity contribution is 0.300. The summed E-state index contributed by atoms with van der Waals surface area (Å²) in [6, 6.07) is 0. The molecule has 4 nitrogen and oxygen atoms in total. The molecule has 0 saturated carbocycles. The average molecular weight is 230 g/mol. The van der Waals surface area contributed by atoms with Crippen LogP contribution in [0.4, 0.5) is 0 Å². The largest absolute Gasteiger partial charge is 0.396 e. The number of hydrogen-bond acceptors (Lipinski definition) is 3. The molecule has 2 aromatic rings. The molecule has 0 amide bonds. The zero-order chi connectivity index (χ0) is 10.1. The quantitative estimate of drug-likeness (QED) is 0.544. The Morgan fingerprint density at radius 2 is 2.36 bits per heavy atom. The first-order chi connectivity index (χ1) is 6.72. The summed E-state index contributed by atoms with van der Waals surface area (Å²) in [5, 5.41) is 10.1. The van der Waals surface area contributed by atoms with Crippen LogP contribution in [0.25, 0.3) is 11.0 Å². The number of nitrogens with zero attached hydrogens (tertiary/aromatic N) is 1. The summed E-state index contributed by atoms with van der Waals surface area (Å²) in [6.45, 7) is 0.0823. The van der Waals surface area contributed by atoms with E-state index in [2.05, 4.69) is 15.0 Å². The van der Waals surface area contributed by atoms with Crippen molar-refractivity contribution in [3.8, 4) is 0 Å². The van der Waals surface area contributed by atoms with Gasteiger partial charge in [0.25, 0.3) is 0 Å². The molecular formula is C8H8ClN3OS. The predicted molar refractivity (Wildman–Crippen MR) is 57.1 cm³/mol. The van der Waals surface area contributed by atoms with Gasteiger partial charge in [-0.1, -0.05) is 11.6 Å². The number of aromatic nitrogens is 3. The first-order valence-electron chi connectivity index (χ1n) is 4.09. The molecule has 0 bridgehead atoms. The van der Waals surface area contributed by atoms with Gasteiger partial charge in [0.2, 0.25) is 0 Å². The summed E-state index contributed by atoms with van der Waals surface area (Å²) in [5.41, 5.74) is 1.59. The zero-order valence-corrected chi connectivity index (χ0v) is 8.74. The number of fused-ring (bicyclic) bond motifs is 1. The van der Waals surface area contributed by atoms with E-state index in [1.54, 1.807) is 6.20 Å². The number of halogens is 1.